The maximum atomic E-state index is 12.1. The first kappa shape index (κ1) is 12.4. The first-order valence-corrected chi connectivity index (χ1v) is 7.89. The summed E-state index contributed by atoms with van der Waals surface area (Å²) in [5.74, 6) is 0.419. The van der Waals surface area contributed by atoms with Crippen molar-refractivity contribution in [1.29, 1.82) is 0 Å². The van der Waals surface area contributed by atoms with Gasteiger partial charge >= 0.3 is 0 Å². The Bertz CT molecular complexity index is 437. The molecule has 1 aliphatic rings. The summed E-state index contributed by atoms with van der Waals surface area (Å²) in [6.07, 6.45) is 1.84. The maximum Gasteiger partial charge on any atom is 0.252 e. The third kappa shape index (κ3) is 2.42. The molecule has 6 heteroatoms. The summed E-state index contributed by atoms with van der Waals surface area (Å²) in [7, 11) is -1.64. The molecule has 1 fully saturated rings. The van der Waals surface area contributed by atoms with E-state index in [1.807, 2.05) is 0 Å². The van der Waals surface area contributed by atoms with Crippen LogP contribution >= 0.6 is 22.9 Å². The van der Waals surface area contributed by atoms with Gasteiger partial charge in [-0.3, -0.25) is 0 Å². The molecular weight excluding hydrogens is 266 g/mol. The predicted octanol–water partition coefficient (Wildman–Crippen LogP) is 2.39. The first-order chi connectivity index (χ1) is 7.50. The zero-order valence-corrected chi connectivity index (χ0v) is 11.4. The fourth-order valence-electron chi connectivity index (χ4n) is 1.83. The molecule has 0 aromatic carbocycles. The number of nitrogens with zero attached hydrogens (tertiary/aromatic N) is 1. The van der Waals surface area contributed by atoms with Crippen molar-refractivity contribution in [1.82, 2.24) is 4.31 Å². The molecule has 1 heterocycles. The number of halogens is 1. The van der Waals surface area contributed by atoms with Crippen molar-refractivity contribution in [2.24, 2.45) is 5.92 Å². The van der Waals surface area contributed by atoms with Crippen molar-refractivity contribution in [3.63, 3.8) is 0 Å². The second-order valence-corrected chi connectivity index (χ2v) is 7.99. The van der Waals surface area contributed by atoms with Crippen LogP contribution in [0.1, 0.15) is 12.8 Å². The van der Waals surface area contributed by atoms with Crippen LogP contribution in [-0.2, 0) is 10.0 Å². The number of alkyl halides is 1. The van der Waals surface area contributed by atoms with E-state index >= 15 is 0 Å². The number of hydrogen-bond donors (Lipinski definition) is 0. The second-order valence-electron chi connectivity index (χ2n) is 4.15. The van der Waals surface area contributed by atoms with Gasteiger partial charge in [0.05, 0.1) is 0 Å². The van der Waals surface area contributed by atoms with Gasteiger partial charge in [0.2, 0.25) is 0 Å². The molecular formula is C10H14ClNO2S2. The molecule has 0 unspecified atom stereocenters. The smallest absolute Gasteiger partial charge is 0.206 e. The molecule has 2 rings (SSSR count). The molecule has 3 nitrogen and oxygen atoms in total. The predicted molar refractivity (Wildman–Crippen MR) is 66.5 cm³/mol. The fraction of sp³-hybridized carbons (Fsp3) is 0.600. The van der Waals surface area contributed by atoms with E-state index in [1.54, 1.807) is 24.6 Å². The van der Waals surface area contributed by atoms with Gasteiger partial charge in [0.15, 0.2) is 0 Å². The van der Waals surface area contributed by atoms with Crippen LogP contribution in [0.25, 0.3) is 0 Å². The van der Waals surface area contributed by atoms with Gasteiger partial charge in [-0.2, -0.15) is 4.31 Å². The van der Waals surface area contributed by atoms with Gasteiger partial charge in [-0.05, 0) is 30.2 Å². The Morgan fingerprint density at radius 1 is 1.56 bits per heavy atom. The van der Waals surface area contributed by atoms with Crippen molar-refractivity contribution >= 4 is 33.0 Å². The number of sulfonamides is 1. The molecule has 0 spiro atoms. The molecule has 1 saturated carbocycles. The minimum absolute atomic E-state index is 0.239. The lowest BCUT2D eigenvalue weighted by Gasteiger charge is -2.33. The van der Waals surface area contributed by atoms with Crippen LogP contribution in [0.5, 0.6) is 0 Å². The minimum Gasteiger partial charge on any atom is -0.206 e. The summed E-state index contributed by atoms with van der Waals surface area (Å²) in [5, 5.41) is 2.02. The van der Waals surface area contributed by atoms with Crippen LogP contribution in [0.2, 0.25) is 0 Å². The van der Waals surface area contributed by atoms with E-state index in [0.29, 0.717) is 16.7 Å². The summed E-state index contributed by atoms with van der Waals surface area (Å²) in [6, 6.07) is 3.39. The molecule has 16 heavy (non-hydrogen) atoms. The lowest BCUT2D eigenvalue weighted by atomic mass is 9.85. The maximum absolute atomic E-state index is 12.1. The zero-order valence-electron chi connectivity index (χ0n) is 8.97. The molecule has 0 aliphatic heterocycles. The molecule has 1 aromatic heterocycles. The van der Waals surface area contributed by atoms with Crippen molar-refractivity contribution in [2.75, 3.05) is 13.6 Å². The Hall–Kier alpha value is -0.100. The Morgan fingerprint density at radius 3 is 2.75 bits per heavy atom. The van der Waals surface area contributed by atoms with Gasteiger partial charge in [0.25, 0.3) is 10.0 Å². The molecule has 0 saturated heterocycles. The normalized spacial score (nSPS) is 25.7. The zero-order chi connectivity index (χ0) is 11.8. The summed E-state index contributed by atoms with van der Waals surface area (Å²) in [4.78, 5) is 0. The van der Waals surface area contributed by atoms with E-state index in [9.17, 15) is 8.42 Å². The van der Waals surface area contributed by atoms with Crippen molar-refractivity contribution in [3.8, 4) is 0 Å². The van der Waals surface area contributed by atoms with Gasteiger partial charge in [0.1, 0.15) is 4.21 Å². The van der Waals surface area contributed by atoms with Crippen molar-refractivity contribution in [2.45, 2.75) is 22.4 Å². The SMILES string of the molecule is CN(CC1CC(Cl)C1)S(=O)(=O)c1cccs1. The summed E-state index contributed by atoms with van der Waals surface area (Å²) < 4.78 is 26.0. The van der Waals surface area contributed by atoms with Gasteiger partial charge < -0.3 is 0 Å². The van der Waals surface area contributed by atoms with Crippen LogP contribution in [0.15, 0.2) is 21.7 Å². The fourth-order valence-corrected chi connectivity index (χ4v) is 4.78. The Balaban J connectivity index is 2.01. The lowest BCUT2D eigenvalue weighted by Crippen LogP contribution is -2.37. The van der Waals surface area contributed by atoms with Gasteiger partial charge in [0, 0.05) is 19.0 Å². The van der Waals surface area contributed by atoms with E-state index < -0.39 is 10.0 Å². The van der Waals surface area contributed by atoms with Crippen LogP contribution in [-0.4, -0.2) is 31.7 Å². The van der Waals surface area contributed by atoms with E-state index in [-0.39, 0.29) is 5.38 Å². The molecule has 0 bridgehead atoms. The highest BCUT2D eigenvalue weighted by Crippen LogP contribution is 2.33. The van der Waals surface area contributed by atoms with Crippen molar-refractivity contribution in [3.05, 3.63) is 17.5 Å². The highest BCUT2D eigenvalue weighted by molar-refractivity contribution is 7.91. The van der Waals surface area contributed by atoms with Gasteiger partial charge in [-0.25, -0.2) is 8.42 Å². The van der Waals surface area contributed by atoms with Crippen LogP contribution in [0, 0.1) is 5.92 Å². The van der Waals surface area contributed by atoms with Crippen LogP contribution < -0.4 is 0 Å². The molecule has 1 aromatic rings. The molecule has 0 atom stereocenters. The van der Waals surface area contributed by atoms with E-state index in [4.69, 9.17) is 11.6 Å². The van der Waals surface area contributed by atoms with Crippen LogP contribution in [0.4, 0.5) is 0 Å². The van der Waals surface area contributed by atoms with Crippen molar-refractivity contribution < 1.29 is 8.42 Å². The largest absolute Gasteiger partial charge is 0.252 e. The first-order valence-electron chi connectivity index (χ1n) is 5.14. The molecule has 0 radical (unpaired) electrons. The average Bonchev–Trinajstić information content (AvgIpc) is 2.68. The van der Waals surface area contributed by atoms with E-state index in [0.717, 1.165) is 12.8 Å². The Morgan fingerprint density at radius 2 is 2.25 bits per heavy atom. The standard InChI is InChI=1S/C10H14ClNO2S2/c1-12(7-8-5-9(11)6-8)16(13,14)10-3-2-4-15-10/h2-4,8-9H,5-7H2,1H3. The highest BCUT2D eigenvalue weighted by Gasteiger charge is 2.31. The third-order valence-corrected chi connectivity index (χ3v) is 6.41. The molecule has 0 N–H and O–H groups in total. The topological polar surface area (TPSA) is 37.4 Å². The Kier molecular flexibility index (Phi) is 3.59. The molecule has 90 valence electrons. The minimum atomic E-state index is -3.28. The van der Waals surface area contributed by atoms with E-state index in [1.165, 1.54) is 15.6 Å². The summed E-state index contributed by atoms with van der Waals surface area (Å²) in [5.41, 5.74) is 0. The van der Waals surface area contributed by atoms with Gasteiger partial charge in [-0.1, -0.05) is 6.07 Å². The summed E-state index contributed by atoms with van der Waals surface area (Å²) in [6.45, 7) is 0.573. The third-order valence-electron chi connectivity index (χ3n) is 2.85. The number of thiophene rings is 1. The number of rotatable bonds is 4. The Labute approximate surface area is 105 Å². The molecule has 1 aliphatic carbocycles. The van der Waals surface area contributed by atoms with Gasteiger partial charge in [-0.15, -0.1) is 22.9 Å². The molecule has 0 amide bonds. The van der Waals surface area contributed by atoms with E-state index in [2.05, 4.69) is 0 Å². The average molecular weight is 280 g/mol. The monoisotopic (exact) mass is 279 g/mol. The van der Waals surface area contributed by atoms with Crippen LogP contribution in [0.3, 0.4) is 0 Å². The lowest BCUT2D eigenvalue weighted by molar-refractivity contribution is 0.269. The highest BCUT2D eigenvalue weighted by atomic mass is 35.5. The second kappa shape index (κ2) is 4.64. The quantitative estimate of drug-likeness (QED) is 0.794. The summed E-state index contributed by atoms with van der Waals surface area (Å²) >= 11 is 7.13. The number of hydrogen-bond acceptors (Lipinski definition) is 3.